The summed E-state index contributed by atoms with van der Waals surface area (Å²) < 4.78 is 19.7. The Morgan fingerprint density at radius 3 is 2.83 bits per heavy atom. The highest BCUT2D eigenvalue weighted by atomic mass is 31.0. The summed E-state index contributed by atoms with van der Waals surface area (Å²) in [4.78, 5) is 33.7. The quantitative estimate of drug-likeness (QED) is 0.275. The predicted molar refractivity (Wildman–Crippen MR) is 138 cm³/mol. The Labute approximate surface area is 213 Å². The van der Waals surface area contributed by atoms with E-state index in [1.54, 1.807) is 12.1 Å². The Hall–Kier alpha value is -2.64. The number of alkyl halides is 1. The van der Waals surface area contributed by atoms with Gasteiger partial charge in [0.15, 0.2) is 0 Å². The van der Waals surface area contributed by atoms with Gasteiger partial charge in [0.25, 0.3) is 0 Å². The van der Waals surface area contributed by atoms with E-state index in [0.717, 1.165) is 50.2 Å². The lowest BCUT2D eigenvalue weighted by Crippen LogP contribution is -2.46. The van der Waals surface area contributed by atoms with E-state index in [1.165, 1.54) is 11.8 Å². The van der Waals surface area contributed by atoms with E-state index in [-0.39, 0.29) is 13.0 Å². The Morgan fingerprint density at radius 1 is 1.25 bits per heavy atom. The van der Waals surface area contributed by atoms with Crippen LogP contribution >= 0.6 is 9.24 Å². The zero-order valence-corrected chi connectivity index (χ0v) is 21.5. The van der Waals surface area contributed by atoms with E-state index >= 15 is 0 Å². The highest BCUT2D eigenvalue weighted by molar-refractivity contribution is 7.16. The first kappa shape index (κ1) is 26.4. The third-order valence-electron chi connectivity index (χ3n) is 6.85. The van der Waals surface area contributed by atoms with E-state index in [9.17, 15) is 19.1 Å². The number of fused-ring (bicyclic) bond motifs is 1. The number of carbonyl (C=O) groups is 2. The van der Waals surface area contributed by atoms with Gasteiger partial charge in [0.1, 0.15) is 17.8 Å². The Morgan fingerprint density at radius 2 is 2.08 bits per heavy atom. The summed E-state index contributed by atoms with van der Waals surface area (Å²) in [6.45, 7) is 1.70. The van der Waals surface area contributed by atoms with Crippen LogP contribution < -0.4 is 10.6 Å². The minimum Gasteiger partial charge on any atom is -0.480 e. The molecule has 0 bridgehead atoms. The molecule has 3 N–H and O–H groups in total. The summed E-state index contributed by atoms with van der Waals surface area (Å²) in [5.41, 5.74) is 2.09. The van der Waals surface area contributed by atoms with Crippen LogP contribution in [0.3, 0.4) is 0 Å². The molecule has 194 valence electrons. The summed E-state index contributed by atoms with van der Waals surface area (Å²) in [5.74, 6) is -1.89. The fraction of sp³-hybridized carbons (Fsp3) is 0.538. The molecule has 0 radical (unpaired) electrons. The molecule has 1 saturated carbocycles. The van der Waals surface area contributed by atoms with Crippen molar-refractivity contribution in [1.29, 1.82) is 0 Å². The van der Waals surface area contributed by atoms with Crippen LogP contribution in [0.4, 0.5) is 10.2 Å². The molecule has 2 aliphatic rings. The van der Waals surface area contributed by atoms with E-state index in [0.29, 0.717) is 30.7 Å². The molecule has 3 heterocycles. The number of ether oxygens (including phenoxy) is 1. The number of unbranched alkanes of at least 4 members (excludes halogenated alkanes) is 1. The number of aromatic nitrogens is 2. The smallest absolute Gasteiger partial charge is 0.326 e. The molecule has 2 aromatic rings. The van der Waals surface area contributed by atoms with Crippen molar-refractivity contribution in [3.8, 4) is 0 Å². The topological polar surface area (TPSA) is 113 Å². The number of hydrogen-bond donors (Lipinski definition) is 3. The number of carboxylic acids is 1. The number of halogens is 1. The molecule has 1 aliphatic heterocycles. The minimum absolute atomic E-state index is 0.152. The number of carboxylic acid groups (broad SMARTS) is 1. The van der Waals surface area contributed by atoms with Crippen LogP contribution in [0.15, 0.2) is 30.5 Å². The van der Waals surface area contributed by atoms with Crippen molar-refractivity contribution in [3.05, 3.63) is 53.0 Å². The van der Waals surface area contributed by atoms with Crippen LogP contribution in [0, 0.1) is 0 Å². The van der Waals surface area contributed by atoms with Gasteiger partial charge in [0.2, 0.25) is 5.91 Å². The van der Waals surface area contributed by atoms with E-state index in [2.05, 4.69) is 37.0 Å². The van der Waals surface area contributed by atoms with Gasteiger partial charge in [-0.2, -0.15) is 0 Å². The molecule has 2 aromatic heterocycles. The molecular weight excluding hydrogens is 482 g/mol. The summed E-state index contributed by atoms with van der Waals surface area (Å²) in [6.07, 6.45) is 7.53. The maximum Gasteiger partial charge on any atom is 0.326 e. The van der Waals surface area contributed by atoms with Gasteiger partial charge in [-0.3, -0.25) is 9.78 Å². The number of rotatable bonds is 13. The largest absolute Gasteiger partial charge is 0.480 e. The van der Waals surface area contributed by atoms with Gasteiger partial charge in [-0.05, 0) is 62.6 Å². The molecule has 36 heavy (non-hydrogen) atoms. The lowest BCUT2D eigenvalue weighted by Gasteiger charge is -2.21. The third kappa shape index (κ3) is 6.37. The first-order valence-electron chi connectivity index (χ1n) is 12.6. The zero-order chi connectivity index (χ0) is 25.5. The van der Waals surface area contributed by atoms with Crippen LogP contribution in [-0.4, -0.2) is 52.8 Å². The molecule has 8 nitrogen and oxygen atoms in total. The van der Waals surface area contributed by atoms with Crippen molar-refractivity contribution in [2.75, 3.05) is 25.1 Å². The molecule has 10 heteroatoms. The highest BCUT2D eigenvalue weighted by Gasteiger charge is 2.54. The number of nitrogens with zero attached hydrogens (tertiary/aromatic N) is 2. The number of carbonyl (C=O) groups excluding carboxylic acids is 1. The zero-order valence-electron chi connectivity index (χ0n) is 20.3. The van der Waals surface area contributed by atoms with Crippen molar-refractivity contribution in [2.24, 2.45) is 0 Å². The van der Waals surface area contributed by atoms with Gasteiger partial charge in [0, 0.05) is 43.6 Å². The summed E-state index contributed by atoms with van der Waals surface area (Å²) >= 11 is 0. The maximum absolute atomic E-state index is 14.0. The number of anilines is 1. The molecule has 1 fully saturated rings. The lowest BCUT2D eigenvalue weighted by molar-refractivity contribution is -0.142. The molecule has 1 aliphatic carbocycles. The number of hydrogen-bond acceptors (Lipinski definition) is 6. The second-order valence-electron chi connectivity index (χ2n) is 9.49. The van der Waals surface area contributed by atoms with Crippen LogP contribution in [0.5, 0.6) is 0 Å². The molecule has 3 unspecified atom stereocenters. The molecule has 0 aromatic carbocycles. The SMILES string of the molecule is O=C(O)C(CCOCCCCc1ccc2c(n1)NCCC2)NC(=O)C1(c2ncccc2C(F)P)CC1. The van der Waals surface area contributed by atoms with Crippen molar-refractivity contribution < 1.29 is 23.8 Å². The molecule has 0 saturated heterocycles. The van der Waals surface area contributed by atoms with Crippen LogP contribution in [0.25, 0.3) is 0 Å². The fourth-order valence-corrected chi connectivity index (χ4v) is 4.88. The minimum atomic E-state index is -1.35. The predicted octanol–water partition coefficient (Wildman–Crippen LogP) is 3.71. The Kier molecular flexibility index (Phi) is 8.86. The van der Waals surface area contributed by atoms with E-state index < -0.39 is 29.2 Å². The number of aliphatic carboxylic acids is 1. The molecule has 0 spiro atoms. The number of amides is 1. The van der Waals surface area contributed by atoms with Crippen molar-refractivity contribution in [3.63, 3.8) is 0 Å². The molecule has 3 atom stereocenters. The van der Waals surface area contributed by atoms with Gasteiger partial charge in [-0.15, -0.1) is 0 Å². The lowest BCUT2D eigenvalue weighted by atomic mass is 9.95. The first-order valence-corrected chi connectivity index (χ1v) is 13.3. The monoisotopic (exact) mass is 516 g/mol. The number of nitrogens with one attached hydrogen (secondary N) is 2. The summed E-state index contributed by atoms with van der Waals surface area (Å²) in [6, 6.07) is 6.39. The molecule has 1 amide bonds. The second-order valence-corrected chi connectivity index (χ2v) is 10.1. The average molecular weight is 517 g/mol. The summed E-state index contributed by atoms with van der Waals surface area (Å²) in [7, 11) is 2.08. The van der Waals surface area contributed by atoms with E-state index in [1.807, 2.05) is 0 Å². The second kappa shape index (κ2) is 12.1. The standard InChI is InChI=1S/C26H34FN4O4P/c27-22(36)19-7-4-13-28-21(19)26(11-12-26)25(34)31-20(24(32)33)10-16-35-15-2-1-6-18-9-8-17-5-3-14-29-23(17)30-18/h4,7-9,13,20,22H,1-3,5-6,10-12,14-16,36H2,(H,29,30)(H,31,34)(H,32,33). The van der Waals surface area contributed by atoms with Gasteiger partial charge in [-0.1, -0.05) is 21.4 Å². The number of pyridine rings is 2. The average Bonchev–Trinajstić information content (AvgIpc) is 3.69. The molecular formula is C26H34FN4O4P. The molecule has 4 rings (SSSR count). The van der Waals surface area contributed by atoms with Crippen molar-refractivity contribution >= 4 is 26.9 Å². The van der Waals surface area contributed by atoms with Gasteiger partial charge in [-0.25, -0.2) is 14.2 Å². The number of aryl methyl sites for hydroxylation is 2. The van der Waals surface area contributed by atoms with Crippen LogP contribution in [-0.2, 0) is 32.6 Å². The van der Waals surface area contributed by atoms with Gasteiger partial charge < -0.3 is 20.5 Å². The summed E-state index contributed by atoms with van der Waals surface area (Å²) in [5, 5.41) is 15.6. The maximum atomic E-state index is 14.0. The Bertz CT molecular complexity index is 1080. The normalized spacial score (nSPS) is 17.4. The van der Waals surface area contributed by atoms with Gasteiger partial charge in [0.05, 0.1) is 11.1 Å². The van der Waals surface area contributed by atoms with Crippen LogP contribution in [0.2, 0.25) is 0 Å². The first-order chi connectivity index (χ1) is 17.4. The third-order valence-corrected chi connectivity index (χ3v) is 7.21. The Balaban J connectivity index is 1.19. The highest BCUT2D eigenvalue weighted by Crippen LogP contribution is 2.50. The fourth-order valence-electron chi connectivity index (χ4n) is 4.61. The van der Waals surface area contributed by atoms with Crippen molar-refractivity contribution in [2.45, 2.75) is 68.7 Å². The van der Waals surface area contributed by atoms with Gasteiger partial charge >= 0.3 is 5.97 Å². The van der Waals surface area contributed by atoms with E-state index in [4.69, 9.17) is 9.72 Å². The van der Waals surface area contributed by atoms with Crippen LogP contribution in [0.1, 0.15) is 67.0 Å². The van der Waals surface area contributed by atoms with Crippen molar-refractivity contribution in [1.82, 2.24) is 15.3 Å².